The summed E-state index contributed by atoms with van der Waals surface area (Å²) in [5, 5.41) is 0. The van der Waals surface area contributed by atoms with E-state index < -0.39 is 67.0 Å². The smallest absolute Gasteiger partial charge is 0.129 e. The maximum atomic E-state index is 8.18. The van der Waals surface area contributed by atoms with E-state index in [9.17, 15) is 0 Å². The normalized spacial score (nSPS) is 51.8. The van der Waals surface area contributed by atoms with Crippen molar-refractivity contribution in [3.63, 3.8) is 0 Å². The highest BCUT2D eigenvalue weighted by Gasteiger charge is 2.16. The van der Waals surface area contributed by atoms with Crippen molar-refractivity contribution in [1.29, 1.82) is 0 Å². The number of halogens is 1. The standard InChI is InChI=1S/C11H15BrN2/c1-9-3-6-14(7-4-9)11-8-10(12)2-5-13-11/h2,5,8-9H,3-4,6-7H2,1H3/i1D3,2D,3D2,4D2,5D,6D2,7D2,8D,9D. The summed E-state index contributed by atoms with van der Waals surface area (Å²) in [6, 6.07) is -1.43. The Morgan fingerprint density at radius 3 is 3.29 bits per heavy atom. The predicted octanol–water partition coefficient (Wildman–Crippen LogP) is 3.08. The number of hydrogen-bond acceptors (Lipinski definition) is 2. The Kier molecular flexibility index (Phi) is 0.736. The number of nitrogens with zero attached hydrogens (tertiary/aromatic N) is 2. The Hall–Kier alpha value is -0.570. The van der Waals surface area contributed by atoms with Gasteiger partial charge in [-0.15, -0.1) is 0 Å². The molecule has 0 amide bonds. The average molecular weight is 270 g/mol. The van der Waals surface area contributed by atoms with Crippen LogP contribution in [0.2, 0.25) is 0 Å². The molecule has 0 bridgehead atoms. The van der Waals surface area contributed by atoms with E-state index in [4.69, 9.17) is 20.6 Å². The van der Waals surface area contributed by atoms with Crippen molar-refractivity contribution in [2.75, 3.05) is 17.9 Å². The van der Waals surface area contributed by atoms with Gasteiger partial charge in [0.25, 0.3) is 0 Å². The third-order valence-electron chi connectivity index (χ3n) is 1.35. The summed E-state index contributed by atoms with van der Waals surface area (Å²) >= 11 is 2.81. The molecule has 3 heteroatoms. The molecule has 0 radical (unpaired) electrons. The first-order chi connectivity index (χ1) is 12.6. The molecule has 0 saturated carbocycles. The van der Waals surface area contributed by atoms with E-state index in [1.807, 2.05) is 0 Å². The number of piperidine rings is 1. The van der Waals surface area contributed by atoms with E-state index in [0.29, 0.717) is 0 Å². The monoisotopic (exact) mass is 269 g/mol. The summed E-state index contributed by atoms with van der Waals surface area (Å²) in [5.74, 6) is -4.91. The van der Waals surface area contributed by atoms with Gasteiger partial charge < -0.3 is 4.90 Å². The van der Waals surface area contributed by atoms with Gasteiger partial charge in [-0.25, -0.2) is 4.98 Å². The average Bonchev–Trinajstić information content (AvgIpc) is 2.53. The third kappa shape index (κ3) is 2.27. The van der Waals surface area contributed by atoms with Gasteiger partial charge in [0, 0.05) is 40.1 Å². The van der Waals surface area contributed by atoms with Crippen molar-refractivity contribution in [1.82, 2.24) is 4.98 Å². The number of aromatic nitrogens is 1. The van der Waals surface area contributed by atoms with Crippen LogP contribution >= 0.6 is 15.9 Å². The summed E-state index contributed by atoms with van der Waals surface area (Å²) in [4.78, 5) is 3.27. The molecule has 2 nitrogen and oxygen atoms in total. The molecule has 1 aliphatic heterocycles. The van der Waals surface area contributed by atoms with E-state index in [-0.39, 0.29) is 4.90 Å². The number of rotatable bonds is 1. The highest BCUT2D eigenvalue weighted by atomic mass is 79.9. The first-order valence-electron chi connectivity index (χ1n) is 11.1. The van der Waals surface area contributed by atoms with Crippen LogP contribution in [0.3, 0.4) is 0 Å². The van der Waals surface area contributed by atoms with Gasteiger partial charge in [0.15, 0.2) is 0 Å². The highest BCUT2D eigenvalue weighted by Crippen LogP contribution is 2.23. The molecule has 1 saturated heterocycles. The molecule has 0 spiro atoms. The quantitative estimate of drug-likeness (QED) is 0.779. The summed E-state index contributed by atoms with van der Waals surface area (Å²) in [5.41, 5.74) is 0. The van der Waals surface area contributed by atoms with Crippen LogP contribution in [0.25, 0.3) is 0 Å². The molecule has 14 heavy (non-hydrogen) atoms. The van der Waals surface area contributed by atoms with Gasteiger partial charge in [0.2, 0.25) is 0 Å². The Morgan fingerprint density at radius 2 is 2.57 bits per heavy atom. The Bertz CT molecular complexity index is 820. The second-order valence-electron chi connectivity index (χ2n) is 2.30. The molecule has 0 aromatic carbocycles. The first kappa shape index (κ1) is 2.40. The van der Waals surface area contributed by atoms with Gasteiger partial charge in [-0.3, -0.25) is 0 Å². The summed E-state index contributed by atoms with van der Waals surface area (Å²) < 4.78 is 119. The minimum atomic E-state index is -3.89. The van der Waals surface area contributed by atoms with Crippen molar-refractivity contribution in [3.05, 3.63) is 22.7 Å². The van der Waals surface area contributed by atoms with Crippen LogP contribution in [0.1, 0.15) is 40.2 Å². The Labute approximate surface area is 115 Å². The lowest BCUT2D eigenvalue weighted by molar-refractivity contribution is 0.436. The summed E-state index contributed by atoms with van der Waals surface area (Å²) in [6.45, 7) is -11.2. The predicted molar refractivity (Wildman–Crippen MR) is 62.5 cm³/mol. The van der Waals surface area contributed by atoms with Gasteiger partial charge >= 0.3 is 0 Å². The van der Waals surface area contributed by atoms with Crippen LogP contribution < -0.4 is 4.90 Å². The minimum Gasteiger partial charge on any atom is -0.357 e. The molecule has 1 fully saturated rings. The molecule has 2 heterocycles. The van der Waals surface area contributed by atoms with Crippen LogP contribution in [0.5, 0.6) is 0 Å². The van der Waals surface area contributed by atoms with E-state index >= 15 is 0 Å². The van der Waals surface area contributed by atoms with Crippen LogP contribution in [0.4, 0.5) is 5.82 Å². The lowest BCUT2D eigenvalue weighted by atomic mass is 9.99. The Balaban J connectivity index is 3.00. The molecule has 1 aromatic rings. The van der Waals surface area contributed by atoms with E-state index in [1.165, 1.54) is 0 Å². The number of hydrogen-bond donors (Lipinski definition) is 0. The molecule has 1 aliphatic rings. The van der Waals surface area contributed by atoms with E-state index in [0.717, 1.165) is 0 Å². The topological polar surface area (TPSA) is 16.1 Å². The van der Waals surface area contributed by atoms with Gasteiger partial charge in [0.1, 0.15) is 5.82 Å². The lowest BCUT2D eigenvalue weighted by Crippen LogP contribution is -2.33. The molecular weight excluding hydrogens is 240 g/mol. The van der Waals surface area contributed by atoms with Crippen molar-refractivity contribution in [2.45, 2.75) is 19.6 Å². The maximum Gasteiger partial charge on any atom is 0.129 e. The van der Waals surface area contributed by atoms with E-state index in [2.05, 4.69) is 20.9 Å². The van der Waals surface area contributed by atoms with Crippen LogP contribution in [-0.4, -0.2) is 18.0 Å². The number of pyridine rings is 1. The zero-order valence-electron chi connectivity index (χ0n) is 21.8. The largest absolute Gasteiger partial charge is 0.357 e. The van der Waals surface area contributed by atoms with Crippen molar-refractivity contribution in [2.24, 2.45) is 5.89 Å². The molecule has 0 unspecified atom stereocenters. The highest BCUT2D eigenvalue weighted by molar-refractivity contribution is 9.10. The van der Waals surface area contributed by atoms with Crippen molar-refractivity contribution >= 4 is 21.7 Å². The fourth-order valence-corrected chi connectivity index (χ4v) is 1.05. The first-order valence-corrected chi connectivity index (χ1v) is 4.35. The molecule has 2 rings (SSSR count). The zero-order valence-corrected chi connectivity index (χ0v) is 8.36. The fraction of sp³-hybridized carbons (Fsp3) is 0.545. The Morgan fingerprint density at radius 1 is 1.79 bits per heavy atom. The molecule has 0 aliphatic carbocycles. The SMILES string of the molecule is [2H]c1nc(N2C([2H])([2H])C([2H])([2H])C([2H])(C([2H])([2H])[2H])C([2H])([2H])C2([2H])[2H])c([2H])c(Br)c1[2H]. The maximum absolute atomic E-state index is 8.18. The van der Waals surface area contributed by atoms with Gasteiger partial charge in [0.05, 0.1) is 4.11 Å². The van der Waals surface area contributed by atoms with Gasteiger partial charge in [-0.1, -0.05) is 22.8 Å². The second-order valence-corrected chi connectivity index (χ2v) is 3.09. The van der Waals surface area contributed by atoms with Crippen LogP contribution in [0.15, 0.2) is 22.7 Å². The molecule has 0 atom stereocenters. The minimum absolute atomic E-state index is 0.191. The fourth-order valence-electron chi connectivity index (χ4n) is 0.782. The summed E-state index contributed by atoms with van der Waals surface area (Å²) in [7, 11) is 0. The molecule has 1 aromatic heterocycles. The molecule has 76 valence electrons. The number of anilines is 1. The summed E-state index contributed by atoms with van der Waals surface area (Å²) in [6.07, 6.45) is -8.53. The molecular formula is C11H15BrN2. The van der Waals surface area contributed by atoms with Gasteiger partial charge in [-0.2, -0.15) is 0 Å². The van der Waals surface area contributed by atoms with Crippen LogP contribution in [0, 0.1) is 5.89 Å². The lowest BCUT2D eigenvalue weighted by Gasteiger charge is -2.31. The zero-order chi connectivity index (χ0) is 23.2. The van der Waals surface area contributed by atoms with E-state index in [1.54, 1.807) is 0 Å². The second kappa shape index (κ2) is 4.30. The van der Waals surface area contributed by atoms with Crippen LogP contribution in [-0.2, 0) is 0 Å². The van der Waals surface area contributed by atoms with Crippen molar-refractivity contribution in [3.8, 4) is 0 Å². The van der Waals surface area contributed by atoms with Gasteiger partial charge in [-0.05, 0) is 30.7 Å². The van der Waals surface area contributed by atoms with Crippen molar-refractivity contribution < 1.29 is 20.6 Å². The third-order valence-corrected chi connectivity index (χ3v) is 1.74. The molecule has 0 N–H and O–H groups in total.